The third kappa shape index (κ3) is 14.6. The lowest BCUT2D eigenvalue weighted by atomic mass is 10.1. The van der Waals surface area contributed by atoms with Crippen LogP contribution in [0.2, 0.25) is 0 Å². The molecule has 0 radical (unpaired) electrons. The van der Waals surface area contributed by atoms with Crippen molar-refractivity contribution < 1.29 is 15.0 Å². The molecule has 108 valence electrons. The zero-order chi connectivity index (χ0) is 14.3. The molecule has 0 spiro atoms. The van der Waals surface area contributed by atoms with Gasteiger partial charge < -0.3 is 10.2 Å². The van der Waals surface area contributed by atoms with Crippen LogP contribution < -0.4 is 0 Å². The molecule has 0 rings (SSSR count). The maximum Gasteiger partial charge on any atom is 0.303 e. The van der Waals surface area contributed by atoms with Gasteiger partial charge in [-0.1, -0.05) is 56.2 Å². The number of carbonyl (C=O) groups is 1. The second-order valence-corrected chi connectivity index (χ2v) is 4.52. The summed E-state index contributed by atoms with van der Waals surface area (Å²) < 4.78 is 0. The molecule has 0 saturated heterocycles. The predicted octanol–water partition coefficient (Wildman–Crippen LogP) is 3.85. The molecular weight excluding hydrogens is 240 g/mol. The van der Waals surface area contributed by atoms with Gasteiger partial charge >= 0.3 is 5.97 Å². The third-order valence-electron chi connectivity index (χ3n) is 2.62. The summed E-state index contributed by atoms with van der Waals surface area (Å²) in [5, 5.41) is 18.1. The summed E-state index contributed by atoms with van der Waals surface area (Å²) >= 11 is 0. The molecule has 2 N–H and O–H groups in total. The van der Waals surface area contributed by atoms with Crippen molar-refractivity contribution in [3.05, 3.63) is 36.5 Å². The van der Waals surface area contributed by atoms with Crippen LogP contribution in [0.1, 0.15) is 51.9 Å². The van der Waals surface area contributed by atoms with E-state index in [0.29, 0.717) is 12.8 Å². The minimum absolute atomic E-state index is 0.146. The van der Waals surface area contributed by atoms with Crippen molar-refractivity contribution in [3.8, 4) is 0 Å². The fraction of sp³-hybridized carbons (Fsp3) is 0.562. The molecule has 0 saturated carbocycles. The van der Waals surface area contributed by atoms with E-state index in [-0.39, 0.29) is 6.42 Å². The number of aliphatic hydroxyl groups excluding tert-OH is 1. The van der Waals surface area contributed by atoms with Gasteiger partial charge in [0, 0.05) is 6.42 Å². The van der Waals surface area contributed by atoms with E-state index < -0.39 is 12.1 Å². The van der Waals surface area contributed by atoms with E-state index >= 15 is 0 Å². The van der Waals surface area contributed by atoms with Crippen LogP contribution in [0, 0.1) is 0 Å². The zero-order valence-electron chi connectivity index (χ0n) is 11.8. The average Bonchev–Trinajstić information content (AvgIpc) is 2.37. The molecule has 0 heterocycles. The molecule has 0 amide bonds. The van der Waals surface area contributed by atoms with Crippen molar-refractivity contribution in [1.82, 2.24) is 0 Å². The van der Waals surface area contributed by atoms with Crippen LogP contribution in [0.25, 0.3) is 0 Å². The molecule has 0 aromatic heterocycles. The fourth-order valence-corrected chi connectivity index (χ4v) is 1.52. The third-order valence-corrected chi connectivity index (χ3v) is 2.62. The van der Waals surface area contributed by atoms with Gasteiger partial charge in [-0.25, -0.2) is 0 Å². The van der Waals surface area contributed by atoms with E-state index in [9.17, 15) is 9.90 Å². The molecule has 0 aromatic rings. The van der Waals surface area contributed by atoms with Crippen LogP contribution in [-0.2, 0) is 4.79 Å². The summed E-state index contributed by atoms with van der Waals surface area (Å²) in [5.74, 6) is -0.790. The first-order valence-electron chi connectivity index (χ1n) is 7.05. The highest BCUT2D eigenvalue weighted by Gasteiger charge is 1.93. The van der Waals surface area contributed by atoms with E-state index in [1.165, 1.54) is 19.3 Å². The molecule has 0 aliphatic heterocycles. The summed E-state index contributed by atoms with van der Waals surface area (Å²) in [6.07, 6.45) is 16.8. The molecule has 0 aliphatic carbocycles. The molecular formula is C16H26O3. The maximum absolute atomic E-state index is 10.3. The van der Waals surface area contributed by atoms with Gasteiger partial charge in [0.2, 0.25) is 0 Å². The van der Waals surface area contributed by atoms with E-state index in [1.54, 1.807) is 24.3 Å². The minimum atomic E-state index is -0.790. The largest absolute Gasteiger partial charge is 0.481 e. The van der Waals surface area contributed by atoms with Gasteiger partial charge in [-0.3, -0.25) is 4.79 Å². The number of carboxylic acids is 1. The predicted molar refractivity (Wildman–Crippen MR) is 79.1 cm³/mol. The van der Waals surface area contributed by atoms with E-state index in [4.69, 9.17) is 5.11 Å². The maximum atomic E-state index is 10.3. The quantitative estimate of drug-likeness (QED) is 0.339. The second-order valence-electron chi connectivity index (χ2n) is 4.52. The van der Waals surface area contributed by atoms with Crippen molar-refractivity contribution in [3.63, 3.8) is 0 Å². The number of allylic oxidation sites excluding steroid dienone is 4. The lowest BCUT2D eigenvalue weighted by Crippen LogP contribution is -1.98. The van der Waals surface area contributed by atoms with Gasteiger partial charge in [0.15, 0.2) is 0 Å². The molecule has 0 aliphatic rings. The van der Waals surface area contributed by atoms with Crippen LogP contribution in [0.15, 0.2) is 36.5 Å². The Morgan fingerprint density at radius 1 is 1.11 bits per heavy atom. The summed E-state index contributed by atoms with van der Waals surface area (Å²) in [7, 11) is 0. The molecule has 3 nitrogen and oxygen atoms in total. The average molecular weight is 266 g/mol. The molecule has 0 fully saturated rings. The summed E-state index contributed by atoms with van der Waals surface area (Å²) in [5.41, 5.74) is 0. The SMILES string of the molecule is CCCCC/C=C/CC(O)/C=C/C=C/CCC(=O)O. The number of aliphatic carboxylic acids is 1. The van der Waals surface area contributed by atoms with Gasteiger partial charge in [0.05, 0.1) is 6.10 Å². The normalized spacial score (nSPS) is 13.8. The Kier molecular flexibility index (Phi) is 12.2. The van der Waals surface area contributed by atoms with E-state index in [2.05, 4.69) is 13.0 Å². The van der Waals surface area contributed by atoms with Gasteiger partial charge in [-0.05, 0) is 25.7 Å². The standard InChI is InChI=1S/C16H26O3/c1-2-3-4-5-6-9-12-15(17)13-10-7-8-11-14-16(18)19/h6-10,13,15,17H,2-5,11-12,14H2,1H3,(H,18,19)/b8-7+,9-6+,13-10+. The molecule has 1 atom stereocenters. The van der Waals surface area contributed by atoms with Crippen molar-refractivity contribution in [2.75, 3.05) is 0 Å². The summed E-state index contributed by atoms with van der Waals surface area (Å²) in [6, 6.07) is 0. The Morgan fingerprint density at radius 2 is 1.89 bits per heavy atom. The van der Waals surface area contributed by atoms with Crippen molar-refractivity contribution >= 4 is 5.97 Å². The Balaban J connectivity index is 3.61. The number of hydrogen-bond donors (Lipinski definition) is 2. The van der Waals surface area contributed by atoms with Crippen LogP contribution >= 0.6 is 0 Å². The van der Waals surface area contributed by atoms with Crippen molar-refractivity contribution in [2.24, 2.45) is 0 Å². The van der Waals surface area contributed by atoms with E-state index in [0.717, 1.165) is 6.42 Å². The lowest BCUT2D eigenvalue weighted by molar-refractivity contribution is -0.136. The smallest absolute Gasteiger partial charge is 0.303 e. The monoisotopic (exact) mass is 266 g/mol. The van der Waals surface area contributed by atoms with Gasteiger partial charge in [-0.2, -0.15) is 0 Å². The highest BCUT2D eigenvalue weighted by molar-refractivity contribution is 5.66. The van der Waals surface area contributed by atoms with Gasteiger partial charge in [0.25, 0.3) is 0 Å². The Labute approximate surface area is 116 Å². The highest BCUT2D eigenvalue weighted by Crippen LogP contribution is 2.02. The highest BCUT2D eigenvalue weighted by atomic mass is 16.4. The molecule has 3 heteroatoms. The van der Waals surface area contributed by atoms with Crippen LogP contribution in [0.5, 0.6) is 0 Å². The first-order chi connectivity index (χ1) is 9.16. The fourth-order valence-electron chi connectivity index (χ4n) is 1.52. The Morgan fingerprint density at radius 3 is 2.58 bits per heavy atom. The number of aliphatic hydroxyl groups is 1. The lowest BCUT2D eigenvalue weighted by Gasteiger charge is -1.99. The number of carboxylic acid groups (broad SMARTS) is 1. The van der Waals surface area contributed by atoms with Crippen LogP contribution in [0.3, 0.4) is 0 Å². The molecule has 0 bridgehead atoms. The first-order valence-corrected chi connectivity index (χ1v) is 7.05. The van der Waals surface area contributed by atoms with E-state index in [1.807, 2.05) is 6.08 Å². The minimum Gasteiger partial charge on any atom is -0.481 e. The topological polar surface area (TPSA) is 57.5 Å². The molecule has 1 unspecified atom stereocenters. The van der Waals surface area contributed by atoms with Crippen molar-refractivity contribution in [1.29, 1.82) is 0 Å². The van der Waals surface area contributed by atoms with Gasteiger partial charge in [0.1, 0.15) is 0 Å². The van der Waals surface area contributed by atoms with Crippen LogP contribution in [-0.4, -0.2) is 22.3 Å². The summed E-state index contributed by atoms with van der Waals surface area (Å²) in [6.45, 7) is 2.18. The molecule has 0 aromatic carbocycles. The first kappa shape index (κ1) is 17.6. The second kappa shape index (κ2) is 13.1. The summed E-state index contributed by atoms with van der Waals surface area (Å²) in [4.78, 5) is 10.3. The number of rotatable bonds is 11. The zero-order valence-corrected chi connectivity index (χ0v) is 11.8. The van der Waals surface area contributed by atoms with Crippen LogP contribution in [0.4, 0.5) is 0 Å². The van der Waals surface area contributed by atoms with Crippen molar-refractivity contribution in [2.45, 2.75) is 58.0 Å². The number of unbranched alkanes of at least 4 members (excludes halogenated alkanes) is 3. The Hall–Kier alpha value is -1.35. The Bertz CT molecular complexity index is 303. The molecule has 19 heavy (non-hydrogen) atoms. The van der Waals surface area contributed by atoms with Gasteiger partial charge in [-0.15, -0.1) is 0 Å². The number of hydrogen-bond acceptors (Lipinski definition) is 2.